The molecule has 0 aromatic carbocycles. The van der Waals surface area contributed by atoms with Crippen molar-refractivity contribution in [1.29, 1.82) is 0 Å². The van der Waals surface area contributed by atoms with Gasteiger partial charge in [-0.1, -0.05) is 13.0 Å². The Bertz CT molecular complexity index is 468. The monoisotopic (exact) mass is 214 g/mol. The fourth-order valence-corrected chi connectivity index (χ4v) is 1.37. The van der Waals surface area contributed by atoms with Gasteiger partial charge in [0, 0.05) is 18.6 Å². The van der Waals surface area contributed by atoms with E-state index in [0.29, 0.717) is 0 Å². The highest BCUT2D eigenvalue weighted by Crippen LogP contribution is 2.09. The average Bonchev–Trinajstić information content (AvgIpc) is 2.83. The van der Waals surface area contributed by atoms with Crippen molar-refractivity contribution in [3.8, 4) is 0 Å². The van der Waals surface area contributed by atoms with Crippen LogP contribution in [-0.4, -0.2) is 20.4 Å². The number of nitrogens with zero attached hydrogens (tertiary/aromatic N) is 4. The smallest absolute Gasteiger partial charge is 0.153 e. The van der Waals surface area contributed by atoms with Crippen molar-refractivity contribution in [2.45, 2.75) is 20.3 Å². The van der Waals surface area contributed by atoms with Crippen molar-refractivity contribution in [2.75, 3.05) is 0 Å². The van der Waals surface area contributed by atoms with E-state index in [4.69, 9.17) is 0 Å². The summed E-state index contributed by atoms with van der Waals surface area (Å²) in [5.41, 5.74) is 1.22. The van der Waals surface area contributed by atoms with E-state index in [9.17, 15) is 0 Å². The Balaban J connectivity index is 2.22. The quantitative estimate of drug-likeness (QED) is 0.569. The number of rotatable bonds is 2. The molecule has 0 radical (unpaired) electrons. The minimum absolute atomic E-state index is 0.725. The van der Waals surface area contributed by atoms with Crippen molar-refractivity contribution < 1.29 is 0 Å². The van der Waals surface area contributed by atoms with Crippen LogP contribution in [0.5, 0.6) is 0 Å². The number of hydrogen-bond acceptors (Lipinski definition) is 3. The van der Waals surface area contributed by atoms with Crippen molar-refractivity contribution in [2.24, 2.45) is 4.99 Å². The molecule has 16 heavy (non-hydrogen) atoms. The van der Waals surface area contributed by atoms with Crippen molar-refractivity contribution in [3.63, 3.8) is 0 Å². The van der Waals surface area contributed by atoms with Gasteiger partial charge in [-0.2, -0.15) is 0 Å². The van der Waals surface area contributed by atoms with Crippen LogP contribution in [0.25, 0.3) is 0 Å². The molecule has 0 saturated carbocycles. The van der Waals surface area contributed by atoms with Gasteiger partial charge in [0.25, 0.3) is 0 Å². The van der Waals surface area contributed by atoms with Crippen LogP contribution in [0.15, 0.2) is 42.0 Å². The molecule has 0 aliphatic carbocycles. The minimum atomic E-state index is 0.725. The van der Waals surface area contributed by atoms with Crippen LogP contribution in [0.2, 0.25) is 0 Å². The zero-order valence-electron chi connectivity index (χ0n) is 9.46. The normalized spacial score (nSPS) is 11.8. The largest absolute Gasteiger partial charge is 0.294 e. The topological polar surface area (TPSA) is 43.1 Å². The average molecular weight is 214 g/mol. The van der Waals surface area contributed by atoms with Gasteiger partial charge in [0.15, 0.2) is 5.82 Å². The second kappa shape index (κ2) is 4.70. The summed E-state index contributed by atoms with van der Waals surface area (Å²) < 4.78 is 1.86. The molecule has 0 unspecified atom stereocenters. The molecule has 4 nitrogen and oxygen atoms in total. The molecule has 0 saturated heterocycles. The molecular formula is C12H14N4. The molecule has 2 aromatic rings. The Hall–Kier alpha value is -1.97. The van der Waals surface area contributed by atoms with E-state index in [1.807, 2.05) is 36.0 Å². The molecule has 0 aliphatic heterocycles. The van der Waals surface area contributed by atoms with E-state index in [1.165, 1.54) is 5.56 Å². The third kappa shape index (κ3) is 2.34. The number of aryl methyl sites for hydroxylation is 1. The zero-order chi connectivity index (χ0) is 11.4. The van der Waals surface area contributed by atoms with Gasteiger partial charge in [0.05, 0.1) is 0 Å². The SMILES string of the molecule is CCc1ccc(N=C(C)n2ccnc2)nc1. The van der Waals surface area contributed by atoms with E-state index in [0.717, 1.165) is 18.1 Å². The maximum Gasteiger partial charge on any atom is 0.153 e. The van der Waals surface area contributed by atoms with Gasteiger partial charge in [-0.05, 0) is 25.0 Å². The first-order valence-corrected chi connectivity index (χ1v) is 5.28. The minimum Gasteiger partial charge on any atom is -0.294 e. The molecule has 0 amide bonds. The van der Waals surface area contributed by atoms with E-state index < -0.39 is 0 Å². The second-order valence-electron chi connectivity index (χ2n) is 3.51. The maximum atomic E-state index is 4.41. The fraction of sp³-hybridized carbons (Fsp3) is 0.250. The molecule has 0 N–H and O–H groups in total. The molecule has 2 aromatic heterocycles. The van der Waals surface area contributed by atoms with Crippen LogP contribution in [0.3, 0.4) is 0 Å². The highest BCUT2D eigenvalue weighted by atomic mass is 15.1. The van der Waals surface area contributed by atoms with E-state index >= 15 is 0 Å². The van der Waals surface area contributed by atoms with Crippen LogP contribution >= 0.6 is 0 Å². The molecule has 0 aliphatic rings. The molecule has 2 rings (SSSR count). The third-order valence-corrected chi connectivity index (χ3v) is 2.37. The number of hydrogen-bond donors (Lipinski definition) is 0. The lowest BCUT2D eigenvalue weighted by Crippen LogP contribution is -2.03. The molecule has 2 heterocycles. The second-order valence-corrected chi connectivity index (χ2v) is 3.51. The third-order valence-electron chi connectivity index (χ3n) is 2.37. The van der Waals surface area contributed by atoms with Gasteiger partial charge >= 0.3 is 0 Å². The van der Waals surface area contributed by atoms with E-state index in [1.54, 1.807) is 12.5 Å². The Kier molecular flexibility index (Phi) is 3.10. The molecule has 4 heteroatoms. The molecule has 0 spiro atoms. The van der Waals surface area contributed by atoms with Crippen LogP contribution in [0.1, 0.15) is 19.4 Å². The summed E-state index contributed by atoms with van der Waals surface area (Å²) in [6, 6.07) is 3.98. The Morgan fingerprint density at radius 2 is 2.31 bits per heavy atom. The molecule has 0 atom stereocenters. The van der Waals surface area contributed by atoms with Crippen molar-refractivity contribution >= 4 is 11.7 Å². The summed E-state index contributed by atoms with van der Waals surface area (Å²) in [7, 11) is 0. The summed E-state index contributed by atoms with van der Waals surface area (Å²) >= 11 is 0. The van der Waals surface area contributed by atoms with Gasteiger partial charge in [-0.3, -0.25) is 4.57 Å². The first-order valence-electron chi connectivity index (χ1n) is 5.28. The Labute approximate surface area is 94.7 Å². The lowest BCUT2D eigenvalue weighted by atomic mass is 10.2. The molecule has 82 valence electrons. The van der Waals surface area contributed by atoms with Crippen LogP contribution in [-0.2, 0) is 6.42 Å². The highest BCUT2D eigenvalue weighted by Gasteiger charge is 1.96. The van der Waals surface area contributed by atoms with Gasteiger partial charge in [0.2, 0.25) is 0 Å². The van der Waals surface area contributed by atoms with Crippen LogP contribution < -0.4 is 0 Å². The summed E-state index contributed by atoms with van der Waals surface area (Å²) in [6.45, 7) is 4.04. The number of pyridine rings is 1. The van der Waals surface area contributed by atoms with Crippen LogP contribution in [0, 0.1) is 0 Å². The molecular weight excluding hydrogens is 200 g/mol. The predicted octanol–water partition coefficient (Wildman–Crippen LogP) is 2.44. The lowest BCUT2D eigenvalue weighted by molar-refractivity contribution is 1.08. The highest BCUT2D eigenvalue weighted by molar-refractivity contribution is 5.83. The summed E-state index contributed by atoms with van der Waals surface area (Å²) in [5, 5.41) is 0. The summed E-state index contributed by atoms with van der Waals surface area (Å²) in [5.74, 6) is 1.58. The Morgan fingerprint density at radius 3 is 2.88 bits per heavy atom. The zero-order valence-corrected chi connectivity index (χ0v) is 9.46. The fourth-order valence-electron chi connectivity index (χ4n) is 1.37. The predicted molar refractivity (Wildman–Crippen MR) is 64.0 cm³/mol. The van der Waals surface area contributed by atoms with Gasteiger partial charge in [-0.15, -0.1) is 0 Å². The Morgan fingerprint density at radius 1 is 1.44 bits per heavy atom. The lowest BCUT2D eigenvalue weighted by Gasteiger charge is -2.01. The molecule has 0 fully saturated rings. The first-order chi connectivity index (χ1) is 7.79. The van der Waals surface area contributed by atoms with E-state index in [-0.39, 0.29) is 0 Å². The molecule has 0 bridgehead atoms. The van der Waals surface area contributed by atoms with Gasteiger partial charge in [-0.25, -0.2) is 15.0 Å². The van der Waals surface area contributed by atoms with Gasteiger partial charge < -0.3 is 0 Å². The van der Waals surface area contributed by atoms with Gasteiger partial charge in [0.1, 0.15) is 12.2 Å². The van der Waals surface area contributed by atoms with Crippen molar-refractivity contribution in [1.82, 2.24) is 14.5 Å². The number of imidazole rings is 1. The first kappa shape index (κ1) is 10.5. The van der Waals surface area contributed by atoms with Crippen molar-refractivity contribution in [3.05, 3.63) is 42.6 Å². The number of aliphatic imine (C=N–C) groups is 1. The summed E-state index contributed by atoms with van der Waals surface area (Å²) in [6.07, 6.45) is 8.17. The van der Waals surface area contributed by atoms with Crippen LogP contribution in [0.4, 0.5) is 5.82 Å². The number of aromatic nitrogens is 3. The standard InChI is InChI=1S/C12H14N4/c1-3-11-4-5-12(14-8-11)15-10(2)16-7-6-13-9-16/h4-9H,3H2,1-2H3. The van der Waals surface area contributed by atoms with E-state index in [2.05, 4.69) is 21.9 Å². The summed E-state index contributed by atoms with van der Waals surface area (Å²) in [4.78, 5) is 12.7. The maximum absolute atomic E-state index is 4.41.